The number of aromatic nitrogens is 2. The van der Waals surface area contributed by atoms with Crippen molar-refractivity contribution in [3.8, 4) is 5.69 Å². The molecule has 0 spiro atoms. The first-order chi connectivity index (χ1) is 12.5. The van der Waals surface area contributed by atoms with Crippen molar-refractivity contribution in [2.75, 3.05) is 26.0 Å². The highest BCUT2D eigenvalue weighted by atomic mass is 16.2. The minimum atomic E-state index is -0.177. The van der Waals surface area contributed by atoms with Gasteiger partial charge in [0.05, 0.1) is 11.4 Å². The van der Waals surface area contributed by atoms with E-state index in [2.05, 4.69) is 41.7 Å². The van der Waals surface area contributed by atoms with Crippen LogP contribution in [0.1, 0.15) is 32.6 Å². The lowest BCUT2D eigenvalue weighted by Gasteiger charge is -2.45. The average molecular weight is 355 g/mol. The van der Waals surface area contributed by atoms with Gasteiger partial charge in [0.2, 0.25) is 0 Å². The van der Waals surface area contributed by atoms with E-state index in [0.717, 1.165) is 24.2 Å². The molecule has 1 aromatic heterocycles. The molecule has 0 saturated heterocycles. The second kappa shape index (κ2) is 7.91. The standard InChI is InChI=1S/C20H29N5O/c1-16-8-6-11-20(14-16,24(2)3)15-21-19(26)23-17-9-4-5-10-18(17)25-13-7-12-22-25/h4-5,7,9-10,12-13,16H,6,8,11,14-15H2,1-3H3,(H2,21,23,26)/t16-,20-/m0/s1. The van der Waals surface area contributed by atoms with Crippen molar-refractivity contribution in [2.24, 2.45) is 5.92 Å². The Kier molecular flexibility index (Phi) is 5.61. The molecule has 2 aromatic rings. The number of amides is 2. The Balaban J connectivity index is 1.66. The van der Waals surface area contributed by atoms with Crippen LogP contribution in [0.15, 0.2) is 42.7 Å². The maximum atomic E-state index is 12.6. The maximum absolute atomic E-state index is 12.6. The van der Waals surface area contributed by atoms with Crippen LogP contribution in [0, 0.1) is 5.92 Å². The van der Waals surface area contributed by atoms with Gasteiger partial charge in [-0.1, -0.05) is 31.9 Å². The molecular weight excluding hydrogens is 326 g/mol. The van der Waals surface area contributed by atoms with Gasteiger partial charge >= 0.3 is 6.03 Å². The van der Waals surface area contributed by atoms with E-state index in [9.17, 15) is 4.79 Å². The van der Waals surface area contributed by atoms with Crippen LogP contribution in [-0.2, 0) is 0 Å². The molecule has 1 heterocycles. The Hall–Kier alpha value is -2.34. The Morgan fingerprint density at radius 1 is 1.35 bits per heavy atom. The zero-order valence-electron chi connectivity index (χ0n) is 15.9. The number of para-hydroxylation sites is 2. The van der Waals surface area contributed by atoms with Crippen LogP contribution in [0.2, 0.25) is 0 Å². The Morgan fingerprint density at radius 2 is 2.15 bits per heavy atom. The van der Waals surface area contributed by atoms with E-state index < -0.39 is 0 Å². The van der Waals surface area contributed by atoms with Crippen LogP contribution in [0.3, 0.4) is 0 Å². The van der Waals surface area contributed by atoms with Gasteiger partial charge in [-0.05, 0) is 51.1 Å². The summed E-state index contributed by atoms with van der Waals surface area (Å²) in [6, 6.07) is 9.36. The van der Waals surface area contributed by atoms with Crippen molar-refractivity contribution in [1.82, 2.24) is 20.0 Å². The van der Waals surface area contributed by atoms with Gasteiger partial charge in [0, 0.05) is 24.5 Å². The van der Waals surface area contributed by atoms with E-state index in [4.69, 9.17) is 0 Å². The number of carbonyl (C=O) groups excluding carboxylic acids is 1. The van der Waals surface area contributed by atoms with Crippen LogP contribution in [0.4, 0.5) is 10.5 Å². The normalized spacial score (nSPS) is 23.0. The number of carbonyl (C=O) groups is 1. The van der Waals surface area contributed by atoms with E-state index in [1.54, 1.807) is 10.9 Å². The van der Waals surface area contributed by atoms with E-state index in [1.165, 1.54) is 12.8 Å². The van der Waals surface area contributed by atoms with Crippen molar-refractivity contribution in [3.63, 3.8) is 0 Å². The minimum Gasteiger partial charge on any atom is -0.336 e. The molecule has 1 aromatic carbocycles. The summed E-state index contributed by atoms with van der Waals surface area (Å²) in [6.07, 6.45) is 8.31. The van der Waals surface area contributed by atoms with Crippen molar-refractivity contribution in [2.45, 2.75) is 38.1 Å². The predicted octanol–water partition coefficient (Wildman–Crippen LogP) is 3.50. The van der Waals surface area contributed by atoms with Gasteiger partial charge in [-0.3, -0.25) is 0 Å². The molecule has 140 valence electrons. The fourth-order valence-electron chi connectivity index (χ4n) is 3.96. The number of rotatable bonds is 5. The van der Waals surface area contributed by atoms with Crippen LogP contribution in [-0.4, -0.2) is 46.9 Å². The van der Waals surface area contributed by atoms with Crippen LogP contribution in [0.5, 0.6) is 0 Å². The second-order valence-corrected chi connectivity index (χ2v) is 7.60. The van der Waals surface area contributed by atoms with Gasteiger partial charge in [-0.25, -0.2) is 9.48 Å². The highest BCUT2D eigenvalue weighted by molar-refractivity contribution is 5.91. The lowest BCUT2D eigenvalue weighted by atomic mass is 9.75. The largest absolute Gasteiger partial charge is 0.336 e. The fraction of sp³-hybridized carbons (Fsp3) is 0.500. The molecule has 2 N–H and O–H groups in total. The molecule has 6 nitrogen and oxygen atoms in total. The summed E-state index contributed by atoms with van der Waals surface area (Å²) in [5.41, 5.74) is 1.63. The zero-order valence-corrected chi connectivity index (χ0v) is 15.9. The predicted molar refractivity (Wildman–Crippen MR) is 105 cm³/mol. The molecule has 2 atom stereocenters. The molecule has 0 aliphatic heterocycles. The number of urea groups is 1. The molecule has 2 amide bonds. The van der Waals surface area contributed by atoms with E-state index in [1.807, 2.05) is 36.5 Å². The molecule has 0 unspecified atom stereocenters. The van der Waals surface area contributed by atoms with Gasteiger partial charge in [0.15, 0.2) is 0 Å². The highest BCUT2D eigenvalue weighted by Crippen LogP contribution is 2.35. The van der Waals surface area contributed by atoms with Gasteiger partial charge in [0.1, 0.15) is 0 Å². The number of benzene rings is 1. The summed E-state index contributed by atoms with van der Waals surface area (Å²) in [7, 11) is 4.23. The number of nitrogens with zero attached hydrogens (tertiary/aromatic N) is 3. The Labute approximate surface area is 155 Å². The van der Waals surface area contributed by atoms with E-state index >= 15 is 0 Å². The molecule has 1 saturated carbocycles. The summed E-state index contributed by atoms with van der Waals surface area (Å²) in [4.78, 5) is 14.8. The number of hydrogen-bond acceptors (Lipinski definition) is 3. The molecule has 26 heavy (non-hydrogen) atoms. The fourth-order valence-corrected chi connectivity index (χ4v) is 3.96. The first-order valence-corrected chi connectivity index (χ1v) is 9.31. The third-order valence-electron chi connectivity index (χ3n) is 5.50. The summed E-state index contributed by atoms with van der Waals surface area (Å²) >= 11 is 0. The molecule has 0 bridgehead atoms. The van der Waals surface area contributed by atoms with Gasteiger partial charge < -0.3 is 15.5 Å². The molecule has 1 aliphatic carbocycles. The average Bonchev–Trinajstić information content (AvgIpc) is 3.15. The van der Waals surface area contributed by atoms with Crippen LogP contribution < -0.4 is 10.6 Å². The van der Waals surface area contributed by atoms with Crippen molar-refractivity contribution < 1.29 is 4.79 Å². The topological polar surface area (TPSA) is 62.2 Å². The second-order valence-electron chi connectivity index (χ2n) is 7.60. The minimum absolute atomic E-state index is 0.0382. The quantitative estimate of drug-likeness (QED) is 0.863. The summed E-state index contributed by atoms with van der Waals surface area (Å²) in [6.45, 7) is 2.96. The molecule has 1 fully saturated rings. The van der Waals surface area contributed by atoms with Gasteiger partial charge in [-0.2, -0.15) is 5.10 Å². The van der Waals surface area contributed by atoms with Crippen molar-refractivity contribution in [3.05, 3.63) is 42.7 Å². The summed E-state index contributed by atoms with van der Waals surface area (Å²) < 4.78 is 1.75. The number of anilines is 1. The van der Waals surface area contributed by atoms with E-state index in [0.29, 0.717) is 12.5 Å². The zero-order chi connectivity index (χ0) is 18.6. The lowest BCUT2D eigenvalue weighted by molar-refractivity contribution is 0.0779. The molecule has 3 rings (SSSR count). The monoisotopic (exact) mass is 355 g/mol. The number of nitrogens with one attached hydrogen (secondary N) is 2. The smallest absolute Gasteiger partial charge is 0.319 e. The number of hydrogen-bond donors (Lipinski definition) is 2. The third kappa shape index (κ3) is 4.07. The van der Waals surface area contributed by atoms with Crippen LogP contribution >= 0.6 is 0 Å². The lowest BCUT2D eigenvalue weighted by Crippen LogP contribution is -2.55. The summed E-state index contributed by atoms with van der Waals surface area (Å²) in [5.74, 6) is 0.691. The SMILES string of the molecule is C[C@H]1CCC[C@](CNC(=O)Nc2ccccc2-n2cccn2)(N(C)C)C1. The Bertz CT molecular complexity index is 728. The van der Waals surface area contributed by atoms with Crippen molar-refractivity contribution >= 4 is 11.7 Å². The molecule has 6 heteroatoms. The van der Waals surface area contributed by atoms with Gasteiger partial charge in [0.25, 0.3) is 0 Å². The van der Waals surface area contributed by atoms with Crippen molar-refractivity contribution in [1.29, 1.82) is 0 Å². The third-order valence-corrected chi connectivity index (χ3v) is 5.50. The highest BCUT2D eigenvalue weighted by Gasteiger charge is 2.37. The molecular formula is C20H29N5O. The molecule has 1 aliphatic rings. The first-order valence-electron chi connectivity index (χ1n) is 9.31. The first kappa shape index (κ1) is 18.5. The molecule has 0 radical (unpaired) electrons. The number of likely N-dealkylation sites (N-methyl/N-ethyl adjacent to an activating group) is 1. The maximum Gasteiger partial charge on any atom is 0.319 e. The van der Waals surface area contributed by atoms with Gasteiger partial charge in [-0.15, -0.1) is 0 Å². The summed E-state index contributed by atoms with van der Waals surface area (Å²) in [5, 5.41) is 10.3. The van der Waals surface area contributed by atoms with E-state index in [-0.39, 0.29) is 11.6 Å². The van der Waals surface area contributed by atoms with Crippen LogP contribution in [0.25, 0.3) is 5.69 Å². The Morgan fingerprint density at radius 3 is 2.85 bits per heavy atom.